The molecule has 1 amide bonds. The Labute approximate surface area is 164 Å². The summed E-state index contributed by atoms with van der Waals surface area (Å²) in [6.45, 7) is -1.07. The first kappa shape index (κ1) is 19.9. The van der Waals surface area contributed by atoms with Crippen LogP contribution in [0.5, 0.6) is 5.75 Å². The number of ether oxygens (including phenoxy) is 2. The molecule has 0 heterocycles. The summed E-state index contributed by atoms with van der Waals surface area (Å²) in [6, 6.07) is 10.8. The molecule has 10 heteroatoms. The summed E-state index contributed by atoms with van der Waals surface area (Å²) in [5.41, 5.74) is 0.253. The summed E-state index contributed by atoms with van der Waals surface area (Å²) in [6.07, 6.45) is 0. The monoisotopic (exact) mass is 486 g/mol. The number of para-hydroxylation sites is 2. The lowest BCUT2D eigenvalue weighted by Crippen LogP contribution is -2.23. The highest BCUT2D eigenvalue weighted by atomic mass is 79.9. The normalized spacial score (nSPS) is 10.1. The molecule has 1 N–H and O–H groups in total. The van der Waals surface area contributed by atoms with Gasteiger partial charge in [-0.2, -0.15) is 0 Å². The number of halogens is 2. The van der Waals surface area contributed by atoms with Crippen LogP contribution < -0.4 is 10.1 Å². The lowest BCUT2D eigenvalue weighted by Gasteiger charge is -2.09. The molecule has 0 aliphatic heterocycles. The van der Waals surface area contributed by atoms with Gasteiger partial charge < -0.3 is 14.8 Å². The van der Waals surface area contributed by atoms with Crippen LogP contribution in [0.4, 0.5) is 11.4 Å². The fourth-order valence-corrected chi connectivity index (χ4v) is 2.98. The number of carbonyl (C=O) groups excluding carboxylic acids is 2. The number of esters is 1. The van der Waals surface area contributed by atoms with E-state index in [9.17, 15) is 19.7 Å². The Hall–Kier alpha value is -2.46. The highest BCUT2D eigenvalue weighted by Crippen LogP contribution is 2.26. The van der Waals surface area contributed by atoms with Gasteiger partial charge in [-0.15, -0.1) is 0 Å². The van der Waals surface area contributed by atoms with Gasteiger partial charge in [0.2, 0.25) is 0 Å². The summed E-state index contributed by atoms with van der Waals surface area (Å²) in [7, 11) is 0. The molecule has 2 rings (SSSR count). The number of nitro benzene ring substituents is 1. The fraction of sp³-hybridized carbons (Fsp3) is 0.125. The maximum absolute atomic E-state index is 11.8. The van der Waals surface area contributed by atoms with Crippen LogP contribution in [0.25, 0.3) is 0 Å². The Morgan fingerprint density at radius 3 is 2.54 bits per heavy atom. The molecule has 0 unspecified atom stereocenters. The zero-order valence-electron chi connectivity index (χ0n) is 13.1. The summed E-state index contributed by atoms with van der Waals surface area (Å²) in [5, 5.41) is 13.4. The molecule has 0 radical (unpaired) electrons. The van der Waals surface area contributed by atoms with Crippen molar-refractivity contribution in [2.45, 2.75) is 0 Å². The number of hydrogen-bond acceptors (Lipinski definition) is 6. The van der Waals surface area contributed by atoms with E-state index >= 15 is 0 Å². The largest absolute Gasteiger partial charge is 0.475 e. The van der Waals surface area contributed by atoms with Crippen molar-refractivity contribution >= 4 is 55.1 Å². The van der Waals surface area contributed by atoms with Crippen molar-refractivity contribution in [2.75, 3.05) is 18.5 Å². The first-order valence-corrected chi connectivity index (χ1v) is 8.72. The van der Waals surface area contributed by atoms with Crippen molar-refractivity contribution in [3.05, 3.63) is 61.5 Å². The van der Waals surface area contributed by atoms with E-state index in [0.29, 0.717) is 10.2 Å². The van der Waals surface area contributed by atoms with E-state index in [1.54, 1.807) is 18.2 Å². The molecule has 0 aliphatic rings. The first-order valence-electron chi connectivity index (χ1n) is 7.13. The third kappa shape index (κ3) is 5.81. The minimum atomic E-state index is -0.826. The Bertz CT molecular complexity index is 843. The molecule has 2 aromatic rings. The highest BCUT2D eigenvalue weighted by molar-refractivity contribution is 9.11. The van der Waals surface area contributed by atoms with Crippen molar-refractivity contribution in [3.8, 4) is 5.75 Å². The van der Waals surface area contributed by atoms with Gasteiger partial charge in [-0.25, -0.2) is 4.79 Å². The topological polar surface area (TPSA) is 108 Å². The Morgan fingerprint density at radius 1 is 1.12 bits per heavy atom. The van der Waals surface area contributed by atoms with Gasteiger partial charge in [0.05, 0.1) is 10.6 Å². The zero-order chi connectivity index (χ0) is 19.1. The lowest BCUT2D eigenvalue weighted by molar-refractivity contribution is -0.385. The Balaban J connectivity index is 1.81. The van der Waals surface area contributed by atoms with Crippen molar-refractivity contribution in [2.24, 2.45) is 0 Å². The molecule has 0 fully saturated rings. The quantitative estimate of drug-likeness (QED) is 0.362. The minimum Gasteiger partial charge on any atom is -0.475 e. The molecule has 26 heavy (non-hydrogen) atoms. The summed E-state index contributed by atoms with van der Waals surface area (Å²) >= 11 is 6.59. The molecule has 0 atom stereocenters. The third-order valence-corrected chi connectivity index (χ3v) is 4.13. The van der Waals surface area contributed by atoms with Crippen LogP contribution in [0.15, 0.2) is 51.4 Å². The number of nitrogens with one attached hydrogen (secondary N) is 1. The molecule has 0 saturated heterocycles. The van der Waals surface area contributed by atoms with Crippen LogP contribution >= 0.6 is 31.9 Å². The number of nitrogens with zero attached hydrogens (tertiary/aromatic N) is 1. The van der Waals surface area contributed by atoms with E-state index in [4.69, 9.17) is 9.47 Å². The smallest absolute Gasteiger partial charge is 0.344 e. The summed E-state index contributed by atoms with van der Waals surface area (Å²) in [5.74, 6) is -1.42. The average Bonchev–Trinajstić information content (AvgIpc) is 2.60. The van der Waals surface area contributed by atoms with Crippen molar-refractivity contribution in [1.82, 2.24) is 0 Å². The number of anilines is 1. The molecule has 0 aliphatic carbocycles. The van der Waals surface area contributed by atoms with Gasteiger partial charge in [0.25, 0.3) is 5.91 Å². The Kier molecular flexibility index (Phi) is 7.10. The van der Waals surface area contributed by atoms with Gasteiger partial charge in [-0.3, -0.25) is 14.9 Å². The molecular formula is C16H12Br2N2O6. The molecule has 0 saturated carbocycles. The second-order valence-electron chi connectivity index (χ2n) is 4.85. The second kappa shape index (κ2) is 9.30. The van der Waals surface area contributed by atoms with Gasteiger partial charge in [0.15, 0.2) is 19.0 Å². The van der Waals surface area contributed by atoms with E-state index in [-0.39, 0.29) is 11.4 Å². The maximum Gasteiger partial charge on any atom is 0.344 e. The van der Waals surface area contributed by atoms with Crippen LogP contribution in [0.2, 0.25) is 0 Å². The molecule has 0 aromatic heterocycles. The second-order valence-corrected chi connectivity index (χ2v) is 6.62. The predicted octanol–water partition coefficient (Wildman–Crippen LogP) is 3.68. The van der Waals surface area contributed by atoms with E-state index in [0.717, 1.165) is 4.47 Å². The van der Waals surface area contributed by atoms with Crippen LogP contribution in [-0.2, 0) is 14.3 Å². The standard InChI is InChI=1S/C16H12Br2N2O6/c17-10-5-6-12(11(18)7-10)19-15(21)8-26-16(22)9-25-14-4-2-1-3-13(14)20(23)24/h1-7H,8-9H2,(H,19,21). The van der Waals surface area contributed by atoms with Gasteiger partial charge in [-0.05, 0) is 40.2 Å². The number of rotatable bonds is 7. The molecule has 0 spiro atoms. The van der Waals surface area contributed by atoms with E-state index < -0.39 is 30.0 Å². The van der Waals surface area contributed by atoms with Gasteiger partial charge in [-0.1, -0.05) is 28.1 Å². The van der Waals surface area contributed by atoms with Gasteiger partial charge in [0, 0.05) is 15.0 Å². The minimum absolute atomic E-state index is 0.0577. The zero-order valence-corrected chi connectivity index (χ0v) is 16.3. The number of nitro groups is 1. The van der Waals surface area contributed by atoms with Crippen molar-refractivity contribution in [1.29, 1.82) is 0 Å². The molecule has 0 bridgehead atoms. The number of carbonyl (C=O) groups is 2. The van der Waals surface area contributed by atoms with E-state index in [2.05, 4.69) is 37.2 Å². The van der Waals surface area contributed by atoms with Crippen LogP contribution in [0.3, 0.4) is 0 Å². The van der Waals surface area contributed by atoms with E-state index in [1.807, 2.05) is 0 Å². The lowest BCUT2D eigenvalue weighted by atomic mass is 10.3. The fourth-order valence-electron chi connectivity index (χ4n) is 1.83. The van der Waals surface area contributed by atoms with E-state index in [1.165, 1.54) is 24.3 Å². The van der Waals surface area contributed by atoms with Gasteiger partial charge in [0.1, 0.15) is 0 Å². The Morgan fingerprint density at radius 2 is 1.85 bits per heavy atom. The van der Waals surface area contributed by atoms with Crippen molar-refractivity contribution < 1.29 is 24.0 Å². The number of hydrogen-bond donors (Lipinski definition) is 1. The summed E-state index contributed by atoms with van der Waals surface area (Å²) in [4.78, 5) is 33.7. The number of amides is 1. The van der Waals surface area contributed by atoms with Crippen LogP contribution in [0.1, 0.15) is 0 Å². The third-order valence-electron chi connectivity index (χ3n) is 2.98. The van der Waals surface area contributed by atoms with Crippen LogP contribution in [-0.4, -0.2) is 30.0 Å². The molecular weight excluding hydrogens is 476 g/mol. The summed E-state index contributed by atoms with van der Waals surface area (Å²) < 4.78 is 11.4. The molecule has 136 valence electrons. The molecule has 8 nitrogen and oxygen atoms in total. The van der Waals surface area contributed by atoms with Crippen molar-refractivity contribution in [3.63, 3.8) is 0 Å². The maximum atomic E-state index is 11.8. The van der Waals surface area contributed by atoms with Crippen LogP contribution in [0, 0.1) is 10.1 Å². The average molecular weight is 488 g/mol. The first-order chi connectivity index (χ1) is 12.4. The predicted molar refractivity (Wildman–Crippen MR) is 100 cm³/mol. The number of benzene rings is 2. The highest BCUT2D eigenvalue weighted by Gasteiger charge is 2.16. The SMILES string of the molecule is O=C(COC(=O)COc1ccccc1[N+](=O)[O-])Nc1ccc(Br)cc1Br. The molecule has 2 aromatic carbocycles. The van der Waals surface area contributed by atoms with Gasteiger partial charge >= 0.3 is 11.7 Å².